The summed E-state index contributed by atoms with van der Waals surface area (Å²) in [5.74, 6) is -0.216. The van der Waals surface area contributed by atoms with E-state index in [-0.39, 0.29) is 5.82 Å². The van der Waals surface area contributed by atoms with Crippen molar-refractivity contribution in [2.75, 3.05) is 0 Å². The van der Waals surface area contributed by atoms with Gasteiger partial charge in [-0.1, -0.05) is 12.1 Å². The third kappa shape index (κ3) is 1.39. The van der Waals surface area contributed by atoms with E-state index in [9.17, 15) is 4.39 Å². The second kappa shape index (κ2) is 3.49. The number of nitrogens with zero attached hydrogens (tertiary/aromatic N) is 1. The van der Waals surface area contributed by atoms with E-state index in [4.69, 9.17) is 0 Å². The predicted molar refractivity (Wildman–Crippen MR) is 62.1 cm³/mol. The third-order valence-electron chi connectivity index (χ3n) is 2.64. The lowest BCUT2D eigenvalue weighted by Gasteiger charge is -2.04. The molecule has 77 valence electrons. The van der Waals surface area contributed by atoms with Gasteiger partial charge in [0.25, 0.3) is 0 Å². The average molecular weight is 210 g/mol. The minimum Gasteiger partial charge on any atom is -0.317 e. The first-order chi connectivity index (χ1) is 7.84. The van der Waals surface area contributed by atoms with Gasteiger partial charge in [0, 0.05) is 11.9 Å². The fourth-order valence-corrected chi connectivity index (χ4v) is 1.85. The minimum atomic E-state index is -0.216. The Labute approximate surface area is 92.8 Å². The maximum atomic E-state index is 12.8. The summed E-state index contributed by atoms with van der Waals surface area (Å²) in [5, 5.41) is 1.16. The predicted octanol–water partition coefficient (Wildman–Crippen LogP) is 3.57. The zero-order chi connectivity index (χ0) is 11.0. The lowest BCUT2D eigenvalue weighted by Crippen LogP contribution is -1.91. The minimum absolute atomic E-state index is 0.216. The Kier molecular flexibility index (Phi) is 2.00. The van der Waals surface area contributed by atoms with Gasteiger partial charge in [-0.25, -0.2) is 4.39 Å². The van der Waals surface area contributed by atoms with E-state index in [1.165, 1.54) is 12.1 Å². The topological polar surface area (TPSA) is 4.93 Å². The average Bonchev–Trinajstić information content (AvgIpc) is 2.74. The molecular formula is C14H9FN. The van der Waals surface area contributed by atoms with Crippen LogP contribution in [0.5, 0.6) is 0 Å². The highest BCUT2D eigenvalue weighted by Crippen LogP contribution is 2.19. The molecule has 0 fully saturated rings. The quantitative estimate of drug-likeness (QED) is 0.578. The van der Waals surface area contributed by atoms with Crippen molar-refractivity contribution < 1.29 is 4.39 Å². The van der Waals surface area contributed by atoms with E-state index >= 15 is 0 Å². The van der Waals surface area contributed by atoms with Crippen LogP contribution in [0.4, 0.5) is 4.39 Å². The molecule has 0 spiro atoms. The number of rotatable bonds is 1. The molecule has 3 aromatic rings. The fourth-order valence-electron chi connectivity index (χ4n) is 1.85. The van der Waals surface area contributed by atoms with Crippen molar-refractivity contribution in [1.82, 2.24) is 4.57 Å². The molecule has 0 unspecified atom stereocenters. The largest absolute Gasteiger partial charge is 0.317 e. The monoisotopic (exact) mass is 210 g/mol. The molecule has 1 radical (unpaired) electrons. The van der Waals surface area contributed by atoms with Gasteiger partial charge in [0.1, 0.15) is 5.82 Å². The van der Waals surface area contributed by atoms with E-state index in [1.807, 2.05) is 35.0 Å². The summed E-state index contributed by atoms with van der Waals surface area (Å²) in [5.41, 5.74) is 2.03. The highest BCUT2D eigenvalue weighted by atomic mass is 19.1. The Bertz CT molecular complexity index is 623. The van der Waals surface area contributed by atoms with Crippen LogP contribution in [0.25, 0.3) is 16.6 Å². The standard InChI is InChI=1S/C14H9FN/c15-12-5-7-13(8-6-12)16-10-9-11-3-1-2-4-14(11)16/h1,3-10H. The van der Waals surface area contributed by atoms with Gasteiger partial charge in [-0.05, 0) is 47.9 Å². The zero-order valence-corrected chi connectivity index (χ0v) is 8.52. The lowest BCUT2D eigenvalue weighted by atomic mass is 10.2. The molecule has 0 N–H and O–H groups in total. The Morgan fingerprint density at radius 2 is 1.81 bits per heavy atom. The molecule has 16 heavy (non-hydrogen) atoms. The Morgan fingerprint density at radius 1 is 1.00 bits per heavy atom. The van der Waals surface area contributed by atoms with Crippen molar-refractivity contribution in [3.63, 3.8) is 0 Å². The van der Waals surface area contributed by atoms with Gasteiger partial charge >= 0.3 is 0 Å². The summed E-state index contributed by atoms with van der Waals surface area (Å²) < 4.78 is 14.8. The lowest BCUT2D eigenvalue weighted by molar-refractivity contribution is 0.627. The van der Waals surface area contributed by atoms with E-state index < -0.39 is 0 Å². The highest BCUT2D eigenvalue weighted by Gasteiger charge is 2.01. The summed E-state index contributed by atoms with van der Waals surface area (Å²) in [7, 11) is 0. The van der Waals surface area contributed by atoms with Crippen LogP contribution in [0.3, 0.4) is 0 Å². The number of halogens is 1. The molecule has 2 aromatic carbocycles. The van der Waals surface area contributed by atoms with E-state index in [2.05, 4.69) is 6.07 Å². The van der Waals surface area contributed by atoms with Crippen LogP contribution >= 0.6 is 0 Å². The van der Waals surface area contributed by atoms with Gasteiger partial charge in [-0.2, -0.15) is 0 Å². The number of aromatic nitrogens is 1. The van der Waals surface area contributed by atoms with E-state index in [1.54, 1.807) is 12.1 Å². The van der Waals surface area contributed by atoms with E-state index in [0.717, 1.165) is 16.6 Å². The van der Waals surface area contributed by atoms with Crippen molar-refractivity contribution in [3.8, 4) is 5.69 Å². The first-order valence-electron chi connectivity index (χ1n) is 5.08. The van der Waals surface area contributed by atoms with Crippen molar-refractivity contribution >= 4 is 10.9 Å². The molecule has 3 rings (SSSR count). The van der Waals surface area contributed by atoms with Crippen LogP contribution in [-0.4, -0.2) is 4.57 Å². The molecule has 0 atom stereocenters. The fraction of sp³-hybridized carbons (Fsp3) is 0. The van der Waals surface area contributed by atoms with Crippen LogP contribution in [0.1, 0.15) is 0 Å². The molecule has 1 aromatic heterocycles. The van der Waals surface area contributed by atoms with Crippen LogP contribution in [0, 0.1) is 11.9 Å². The van der Waals surface area contributed by atoms with Crippen LogP contribution in [0.15, 0.2) is 54.7 Å². The molecule has 1 nitrogen and oxygen atoms in total. The Hall–Kier alpha value is -2.09. The van der Waals surface area contributed by atoms with Crippen molar-refractivity contribution in [2.24, 2.45) is 0 Å². The Morgan fingerprint density at radius 3 is 2.62 bits per heavy atom. The first-order valence-corrected chi connectivity index (χ1v) is 5.08. The second-order valence-electron chi connectivity index (χ2n) is 3.65. The summed E-state index contributed by atoms with van der Waals surface area (Å²) in [4.78, 5) is 0. The number of hydrogen-bond donors (Lipinski definition) is 0. The molecule has 0 saturated carbocycles. The van der Waals surface area contributed by atoms with Crippen molar-refractivity contribution in [3.05, 3.63) is 66.6 Å². The number of fused-ring (bicyclic) bond motifs is 1. The molecule has 0 bridgehead atoms. The molecule has 2 heteroatoms. The molecule has 0 aliphatic heterocycles. The first kappa shape index (κ1) is 9.16. The molecule has 0 aliphatic rings. The van der Waals surface area contributed by atoms with Gasteiger partial charge < -0.3 is 4.57 Å². The van der Waals surface area contributed by atoms with Gasteiger partial charge in [0.05, 0.1) is 5.52 Å². The molecule has 0 aliphatic carbocycles. The van der Waals surface area contributed by atoms with Gasteiger partial charge in [-0.15, -0.1) is 0 Å². The van der Waals surface area contributed by atoms with Gasteiger partial charge in [0.15, 0.2) is 0 Å². The van der Waals surface area contributed by atoms with Crippen LogP contribution in [-0.2, 0) is 0 Å². The maximum Gasteiger partial charge on any atom is 0.123 e. The highest BCUT2D eigenvalue weighted by molar-refractivity contribution is 5.81. The maximum absolute atomic E-state index is 12.8. The van der Waals surface area contributed by atoms with E-state index in [0.29, 0.717) is 0 Å². The zero-order valence-electron chi connectivity index (χ0n) is 8.52. The summed E-state index contributed by atoms with van der Waals surface area (Å²) in [6.45, 7) is 0. The molecule has 0 amide bonds. The summed E-state index contributed by atoms with van der Waals surface area (Å²) >= 11 is 0. The summed E-state index contributed by atoms with van der Waals surface area (Å²) in [6.07, 6.45) is 1.98. The van der Waals surface area contributed by atoms with Gasteiger partial charge in [-0.3, -0.25) is 0 Å². The normalized spacial score (nSPS) is 10.8. The Balaban J connectivity index is 2.22. The van der Waals surface area contributed by atoms with Crippen molar-refractivity contribution in [2.45, 2.75) is 0 Å². The molecule has 0 saturated heterocycles. The second-order valence-corrected chi connectivity index (χ2v) is 3.65. The van der Waals surface area contributed by atoms with Crippen LogP contribution in [0.2, 0.25) is 0 Å². The summed E-state index contributed by atoms with van der Waals surface area (Å²) in [6, 6.07) is 17.4. The molecule has 1 heterocycles. The SMILES string of the molecule is Fc1ccc(-n2ccc3cc[c]cc32)cc1. The van der Waals surface area contributed by atoms with Gasteiger partial charge in [0.2, 0.25) is 0 Å². The number of benzene rings is 2. The smallest absolute Gasteiger partial charge is 0.123 e. The number of hydrogen-bond acceptors (Lipinski definition) is 0. The molecular weight excluding hydrogens is 201 g/mol. The van der Waals surface area contributed by atoms with Crippen LogP contribution < -0.4 is 0 Å². The third-order valence-corrected chi connectivity index (χ3v) is 2.64. The van der Waals surface area contributed by atoms with Crippen molar-refractivity contribution in [1.29, 1.82) is 0 Å².